The van der Waals surface area contributed by atoms with Crippen molar-refractivity contribution in [2.24, 2.45) is 0 Å². The fraction of sp³-hybridized carbons (Fsp3) is 0.412. The van der Waals surface area contributed by atoms with Crippen LogP contribution in [0.2, 0.25) is 0 Å². The lowest BCUT2D eigenvalue weighted by atomic mass is 9.97. The third-order valence-electron chi connectivity index (χ3n) is 3.72. The Morgan fingerprint density at radius 3 is 2.67 bits per heavy atom. The zero-order valence-electron chi connectivity index (χ0n) is 12.4. The van der Waals surface area contributed by atoms with E-state index in [0.29, 0.717) is 12.2 Å². The van der Waals surface area contributed by atoms with Crippen LogP contribution in [-0.2, 0) is 9.59 Å². The highest BCUT2D eigenvalue weighted by molar-refractivity contribution is 6.39. The van der Waals surface area contributed by atoms with E-state index < -0.39 is 11.8 Å². The molecule has 2 amide bonds. The predicted molar refractivity (Wildman–Crippen MR) is 84.0 cm³/mol. The maximum atomic E-state index is 11.8. The average molecular weight is 286 g/mol. The minimum absolute atomic E-state index is 0.520. The minimum Gasteiger partial charge on any atom is -0.348 e. The fourth-order valence-electron chi connectivity index (χ4n) is 2.44. The van der Waals surface area contributed by atoms with Crippen LogP contribution in [0.4, 0.5) is 5.69 Å². The Morgan fingerprint density at radius 1 is 1.14 bits per heavy atom. The Hall–Kier alpha value is -2.10. The topological polar surface area (TPSA) is 58.2 Å². The summed E-state index contributed by atoms with van der Waals surface area (Å²) in [5.74, 6) is -1.18. The highest BCUT2D eigenvalue weighted by atomic mass is 16.2. The van der Waals surface area contributed by atoms with Crippen LogP contribution in [0.1, 0.15) is 37.7 Å². The molecule has 21 heavy (non-hydrogen) atoms. The standard InChI is InChI=1S/C17H22N2O2/c1-13-7-5-6-10-15(13)19-17(21)16(20)18-12-11-14-8-3-2-4-9-14/h5-8,10H,2-4,9,11-12H2,1H3,(H,18,20)(H,19,21). The number of anilines is 1. The summed E-state index contributed by atoms with van der Waals surface area (Å²) in [5.41, 5.74) is 3.00. The zero-order chi connectivity index (χ0) is 15.1. The van der Waals surface area contributed by atoms with Gasteiger partial charge in [-0.15, -0.1) is 0 Å². The molecule has 4 nitrogen and oxygen atoms in total. The molecule has 4 heteroatoms. The van der Waals surface area contributed by atoms with Crippen LogP contribution in [0.5, 0.6) is 0 Å². The Kier molecular flexibility index (Phi) is 5.55. The maximum absolute atomic E-state index is 11.8. The molecule has 0 spiro atoms. The van der Waals surface area contributed by atoms with Crippen LogP contribution < -0.4 is 10.6 Å². The summed E-state index contributed by atoms with van der Waals surface area (Å²) >= 11 is 0. The molecule has 0 aromatic heterocycles. The highest BCUT2D eigenvalue weighted by Crippen LogP contribution is 2.19. The number of aryl methyl sites for hydroxylation is 1. The van der Waals surface area contributed by atoms with Crippen LogP contribution in [0.25, 0.3) is 0 Å². The Labute approximate surface area is 125 Å². The molecule has 1 aromatic rings. The predicted octanol–water partition coefficient (Wildman–Crippen LogP) is 2.94. The van der Waals surface area contributed by atoms with Gasteiger partial charge in [0.2, 0.25) is 0 Å². The number of carbonyl (C=O) groups excluding carboxylic acids is 2. The summed E-state index contributed by atoms with van der Waals surface area (Å²) in [6.07, 6.45) is 7.83. The lowest BCUT2D eigenvalue weighted by Crippen LogP contribution is -2.36. The molecule has 0 aliphatic heterocycles. The zero-order valence-corrected chi connectivity index (χ0v) is 12.4. The fourth-order valence-corrected chi connectivity index (χ4v) is 2.44. The first-order chi connectivity index (χ1) is 10.2. The molecule has 0 bridgehead atoms. The molecular weight excluding hydrogens is 264 g/mol. The van der Waals surface area contributed by atoms with Crippen molar-refractivity contribution in [3.8, 4) is 0 Å². The van der Waals surface area contributed by atoms with Crippen molar-refractivity contribution in [3.05, 3.63) is 41.5 Å². The third kappa shape index (κ3) is 4.74. The number of carbonyl (C=O) groups is 2. The quantitative estimate of drug-likeness (QED) is 0.660. The minimum atomic E-state index is -0.609. The van der Waals surface area contributed by atoms with Crippen LogP contribution in [-0.4, -0.2) is 18.4 Å². The molecule has 1 aliphatic carbocycles. The van der Waals surface area contributed by atoms with Gasteiger partial charge in [-0.2, -0.15) is 0 Å². The van der Waals surface area contributed by atoms with E-state index in [0.717, 1.165) is 24.8 Å². The SMILES string of the molecule is Cc1ccccc1NC(=O)C(=O)NCCC1=CCCCC1. The molecule has 0 radical (unpaired) electrons. The van der Waals surface area contributed by atoms with Crippen LogP contribution in [0.15, 0.2) is 35.9 Å². The normalized spacial score (nSPS) is 14.2. The molecule has 0 saturated carbocycles. The van der Waals surface area contributed by atoms with E-state index in [4.69, 9.17) is 0 Å². The van der Waals surface area contributed by atoms with E-state index in [1.807, 2.05) is 25.1 Å². The number of amides is 2. The molecular formula is C17H22N2O2. The second-order valence-corrected chi connectivity index (χ2v) is 5.38. The summed E-state index contributed by atoms with van der Waals surface area (Å²) in [6, 6.07) is 7.40. The van der Waals surface area contributed by atoms with Gasteiger partial charge in [0.1, 0.15) is 0 Å². The lowest BCUT2D eigenvalue weighted by molar-refractivity contribution is -0.136. The molecule has 0 saturated heterocycles. The van der Waals surface area contributed by atoms with Gasteiger partial charge in [-0.25, -0.2) is 0 Å². The molecule has 2 rings (SSSR count). The molecule has 0 heterocycles. The number of hydrogen-bond acceptors (Lipinski definition) is 2. The van der Waals surface area contributed by atoms with Crippen molar-refractivity contribution in [2.75, 3.05) is 11.9 Å². The van der Waals surface area contributed by atoms with Crippen molar-refractivity contribution in [1.29, 1.82) is 0 Å². The van der Waals surface area contributed by atoms with E-state index >= 15 is 0 Å². The number of para-hydroxylation sites is 1. The number of rotatable bonds is 4. The van der Waals surface area contributed by atoms with Gasteiger partial charge in [-0.1, -0.05) is 29.8 Å². The van der Waals surface area contributed by atoms with Crippen molar-refractivity contribution >= 4 is 17.5 Å². The Balaban J connectivity index is 1.76. The molecule has 1 aromatic carbocycles. The summed E-state index contributed by atoms with van der Waals surface area (Å²) < 4.78 is 0. The number of hydrogen-bond donors (Lipinski definition) is 2. The van der Waals surface area contributed by atoms with Crippen molar-refractivity contribution < 1.29 is 9.59 Å². The second-order valence-electron chi connectivity index (χ2n) is 5.38. The number of benzene rings is 1. The summed E-state index contributed by atoms with van der Waals surface area (Å²) in [4.78, 5) is 23.6. The Bertz CT molecular complexity index is 549. The second kappa shape index (κ2) is 7.62. The lowest BCUT2D eigenvalue weighted by Gasteiger charge is -2.13. The van der Waals surface area contributed by atoms with Gasteiger partial charge < -0.3 is 10.6 Å². The van der Waals surface area contributed by atoms with E-state index in [1.165, 1.54) is 18.4 Å². The Morgan fingerprint density at radius 2 is 1.95 bits per heavy atom. The van der Waals surface area contributed by atoms with Gasteiger partial charge in [0.05, 0.1) is 0 Å². The average Bonchev–Trinajstić information content (AvgIpc) is 2.50. The molecule has 2 N–H and O–H groups in total. The monoisotopic (exact) mass is 286 g/mol. The van der Waals surface area contributed by atoms with E-state index in [1.54, 1.807) is 6.07 Å². The summed E-state index contributed by atoms with van der Waals surface area (Å²) in [7, 11) is 0. The van der Waals surface area contributed by atoms with Crippen LogP contribution in [0, 0.1) is 6.92 Å². The maximum Gasteiger partial charge on any atom is 0.313 e. The number of nitrogens with one attached hydrogen (secondary N) is 2. The number of allylic oxidation sites excluding steroid dienone is 1. The van der Waals surface area contributed by atoms with E-state index in [9.17, 15) is 9.59 Å². The first-order valence-corrected chi connectivity index (χ1v) is 7.49. The first kappa shape index (κ1) is 15.3. The summed E-state index contributed by atoms with van der Waals surface area (Å²) in [5, 5.41) is 5.31. The van der Waals surface area contributed by atoms with Gasteiger partial charge in [0.15, 0.2) is 0 Å². The van der Waals surface area contributed by atoms with Gasteiger partial charge >= 0.3 is 11.8 Å². The largest absolute Gasteiger partial charge is 0.348 e. The smallest absolute Gasteiger partial charge is 0.313 e. The van der Waals surface area contributed by atoms with Gasteiger partial charge in [-0.05, 0) is 50.7 Å². The van der Waals surface area contributed by atoms with Gasteiger partial charge in [0, 0.05) is 12.2 Å². The van der Waals surface area contributed by atoms with Crippen molar-refractivity contribution in [2.45, 2.75) is 39.0 Å². The molecule has 0 unspecified atom stereocenters. The van der Waals surface area contributed by atoms with Crippen LogP contribution in [0.3, 0.4) is 0 Å². The van der Waals surface area contributed by atoms with E-state index in [-0.39, 0.29) is 0 Å². The molecule has 0 atom stereocenters. The highest BCUT2D eigenvalue weighted by Gasteiger charge is 2.14. The summed E-state index contributed by atoms with van der Waals surface area (Å²) in [6.45, 7) is 2.41. The third-order valence-corrected chi connectivity index (χ3v) is 3.72. The first-order valence-electron chi connectivity index (χ1n) is 7.49. The van der Waals surface area contributed by atoms with Gasteiger partial charge in [0.25, 0.3) is 0 Å². The van der Waals surface area contributed by atoms with Crippen molar-refractivity contribution in [1.82, 2.24) is 5.32 Å². The van der Waals surface area contributed by atoms with Gasteiger partial charge in [-0.3, -0.25) is 9.59 Å². The molecule has 1 aliphatic rings. The molecule has 0 fully saturated rings. The molecule has 112 valence electrons. The van der Waals surface area contributed by atoms with Crippen LogP contribution >= 0.6 is 0 Å². The van der Waals surface area contributed by atoms with Crippen molar-refractivity contribution in [3.63, 3.8) is 0 Å². The van der Waals surface area contributed by atoms with E-state index in [2.05, 4.69) is 16.7 Å².